The normalized spacial score (nSPS) is 11.5. The Morgan fingerprint density at radius 3 is 2.31 bits per heavy atom. The molecule has 0 fully saturated rings. The molecule has 72 valence electrons. The first-order valence-electron chi connectivity index (χ1n) is 3.41. The highest BCUT2D eigenvalue weighted by molar-refractivity contribution is 7.92. The summed E-state index contributed by atoms with van der Waals surface area (Å²) in [5.41, 5.74) is 11.5. The summed E-state index contributed by atoms with van der Waals surface area (Å²) in [5.74, 6) is 0. The number of nitrogens with two attached hydrogens (primary N) is 2. The summed E-state index contributed by atoms with van der Waals surface area (Å²) in [4.78, 5) is 0.0919. The van der Waals surface area contributed by atoms with Gasteiger partial charge in [0.05, 0.1) is 16.3 Å². The van der Waals surface area contributed by atoms with Gasteiger partial charge in [-0.15, -0.1) is 11.6 Å². The number of anilines is 2. The van der Waals surface area contributed by atoms with Gasteiger partial charge in [-0.1, -0.05) is 0 Å². The Balaban J connectivity index is 3.27. The van der Waals surface area contributed by atoms with E-state index in [0.717, 1.165) is 0 Å². The molecule has 0 saturated heterocycles. The van der Waals surface area contributed by atoms with Crippen molar-refractivity contribution in [3.8, 4) is 0 Å². The van der Waals surface area contributed by atoms with Crippen molar-refractivity contribution in [1.82, 2.24) is 0 Å². The minimum absolute atomic E-state index is 0.0919. The third kappa shape index (κ3) is 2.05. The van der Waals surface area contributed by atoms with E-state index in [1.165, 1.54) is 18.2 Å². The molecule has 0 aliphatic rings. The zero-order chi connectivity index (χ0) is 10.1. The van der Waals surface area contributed by atoms with Crippen molar-refractivity contribution in [1.29, 1.82) is 0 Å². The number of hydrogen-bond acceptors (Lipinski definition) is 4. The van der Waals surface area contributed by atoms with Crippen LogP contribution in [0.4, 0.5) is 11.4 Å². The van der Waals surface area contributed by atoms with Gasteiger partial charge in [-0.2, -0.15) is 0 Å². The molecular formula is C7H9ClN2O2S. The lowest BCUT2D eigenvalue weighted by Crippen LogP contribution is -2.04. The van der Waals surface area contributed by atoms with Crippen LogP contribution in [0.15, 0.2) is 23.1 Å². The van der Waals surface area contributed by atoms with E-state index >= 15 is 0 Å². The molecule has 4 nitrogen and oxygen atoms in total. The van der Waals surface area contributed by atoms with Crippen molar-refractivity contribution in [2.75, 3.05) is 16.7 Å². The monoisotopic (exact) mass is 220 g/mol. The Labute approximate surface area is 81.4 Å². The maximum Gasteiger partial charge on any atom is 0.192 e. The van der Waals surface area contributed by atoms with Crippen LogP contribution in [0, 0.1) is 0 Å². The van der Waals surface area contributed by atoms with E-state index in [0.29, 0.717) is 5.69 Å². The zero-order valence-corrected chi connectivity index (χ0v) is 8.27. The van der Waals surface area contributed by atoms with Crippen molar-refractivity contribution in [3.63, 3.8) is 0 Å². The van der Waals surface area contributed by atoms with Crippen molar-refractivity contribution in [3.05, 3.63) is 18.2 Å². The molecule has 0 aliphatic carbocycles. The Kier molecular flexibility index (Phi) is 2.68. The maximum atomic E-state index is 11.2. The quantitative estimate of drug-likeness (QED) is 0.571. The number of hydrogen-bond donors (Lipinski definition) is 2. The van der Waals surface area contributed by atoms with Gasteiger partial charge in [0.15, 0.2) is 9.84 Å². The molecule has 4 N–H and O–H groups in total. The third-order valence-corrected chi connectivity index (χ3v) is 3.68. The van der Waals surface area contributed by atoms with E-state index < -0.39 is 15.0 Å². The Morgan fingerprint density at radius 2 is 1.85 bits per heavy atom. The predicted molar refractivity (Wildman–Crippen MR) is 53.2 cm³/mol. The summed E-state index contributed by atoms with van der Waals surface area (Å²) in [6.07, 6.45) is 0. The molecule has 0 atom stereocenters. The van der Waals surface area contributed by atoms with Gasteiger partial charge in [-0.05, 0) is 18.2 Å². The first-order valence-corrected chi connectivity index (χ1v) is 5.60. The van der Waals surface area contributed by atoms with Crippen LogP contribution in [-0.2, 0) is 9.84 Å². The van der Waals surface area contributed by atoms with Gasteiger partial charge in [-0.25, -0.2) is 8.42 Å². The molecule has 0 spiro atoms. The van der Waals surface area contributed by atoms with E-state index in [1.807, 2.05) is 0 Å². The summed E-state index contributed by atoms with van der Waals surface area (Å²) >= 11 is 5.26. The molecule has 1 rings (SSSR count). The SMILES string of the molecule is Nc1ccc(S(=O)(=O)CCl)cc1N. The molecule has 0 heterocycles. The van der Waals surface area contributed by atoms with E-state index in [1.54, 1.807) is 0 Å². The van der Waals surface area contributed by atoms with Gasteiger partial charge >= 0.3 is 0 Å². The maximum absolute atomic E-state index is 11.2. The van der Waals surface area contributed by atoms with E-state index in [4.69, 9.17) is 23.1 Å². The van der Waals surface area contributed by atoms with Crippen molar-refractivity contribution >= 4 is 32.8 Å². The number of nitrogen functional groups attached to an aromatic ring is 2. The summed E-state index contributed by atoms with van der Waals surface area (Å²) in [5, 5.41) is -0.462. The van der Waals surface area contributed by atoms with Crippen LogP contribution in [0.3, 0.4) is 0 Å². The van der Waals surface area contributed by atoms with E-state index in [2.05, 4.69) is 0 Å². The second-order valence-electron chi connectivity index (χ2n) is 2.51. The van der Waals surface area contributed by atoms with Crippen molar-refractivity contribution < 1.29 is 8.42 Å². The number of alkyl halides is 1. The van der Waals surface area contributed by atoms with Gasteiger partial charge in [0.2, 0.25) is 0 Å². The van der Waals surface area contributed by atoms with Gasteiger partial charge in [0.25, 0.3) is 0 Å². The van der Waals surface area contributed by atoms with Crippen LogP contribution in [0.2, 0.25) is 0 Å². The van der Waals surface area contributed by atoms with Crippen molar-refractivity contribution in [2.45, 2.75) is 4.90 Å². The molecular weight excluding hydrogens is 212 g/mol. The molecule has 6 heteroatoms. The predicted octanol–water partition coefficient (Wildman–Crippen LogP) is 0.821. The summed E-state index contributed by atoms with van der Waals surface area (Å²) < 4.78 is 22.5. The van der Waals surface area contributed by atoms with Gasteiger partial charge in [0, 0.05) is 0 Å². The molecule has 0 radical (unpaired) electrons. The number of sulfone groups is 1. The first-order chi connectivity index (χ1) is 5.97. The number of benzene rings is 1. The molecule has 0 aromatic heterocycles. The van der Waals surface area contributed by atoms with Crippen LogP contribution in [-0.4, -0.2) is 13.6 Å². The summed E-state index contributed by atoms with van der Waals surface area (Å²) in [6, 6.07) is 4.12. The van der Waals surface area contributed by atoms with Gasteiger partial charge in [0.1, 0.15) is 5.21 Å². The summed E-state index contributed by atoms with van der Waals surface area (Å²) in [7, 11) is -3.41. The standard InChI is InChI=1S/C7H9ClN2O2S/c8-4-13(11,12)5-1-2-6(9)7(10)3-5/h1-3H,4,9-10H2. The molecule has 1 aromatic carbocycles. The number of halogens is 1. The van der Waals surface area contributed by atoms with Crippen LogP contribution in [0.1, 0.15) is 0 Å². The molecule has 0 bridgehead atoms. The van der Waals surface area contributed by atoms with Gasteiger partial charge < -0.3 is 11.5 Å². The van der Waals surface area contributed by atoms with E-state index in [9.17, 15) is 8.42 Å². The topological polar surface area (TPSA) is 86.2 Å². The fourth-order valence-corrected chi connectivity index (χ4v) is 1.90. The average Bonchev–Trinajstić information content (AvgIpc) is 2.09. The number of rotatable bonds is 2. The van der Waals surface area contributed by atoms with Crippen LogP contribution >= 0.6 is 11.6 Å². The van der Waals surface area contributed by atoms with Crippen LogP contribution in [0.5, 0.6) is 0 Å². The van der Waals surface area contributed by atoms with E-state index in [-0.39, 0.29) is 10.6 Å². The lowest BCUT2D eigenvalue weighted by molar-refractivity contribution is 0.600. The molecule has 0 unspecified atom stereocenters. The zero-order valence-electron chi connectivity index (χ0n) is 6.70. The molecule has 0 aliphatic heterocycles. The largest absolute Gasteiger partial charge is 0.397 e. The Bertz CT molecular complexity index is 417. The fraction of sp³-hybridized carbons (Fsp3) is 0.143. The highest BCUT2D eigenvalue weighted by Gasteiger charge is 2.13. The van der Waals surface area contributed by atoms with Crippen LogP contribution < -0.4 is 11.5 Å². The lowest BCUT2D eigenvalue weighted by Gasteiger charge is -2.03. The minimum atomic E-state index is -3.41. The van der Waals surface area contributed by atoms with Gasteiger partial charge in [-0.3, -0.25) is 0 Å². The average molecular weight is 221 g/mol. The second-order valence-corrected chi connectivity index (χ2v) is 5.09. The Morgan fingerprint density at radius 1 is 1.23 bits per heavy atom. The Hall–Kier alpha value is -0.940. The molecule has 0 saturated carbocycles. The van der Waals surface area contributed by atoms with Crippen molar-refractivity contribution in [2.24, 2.45) is 0 Å². The summed E-state index contributed by atoms with van der Waals surface area (Å²) in [6.45, 7) is 0. The lowest BCUT2D eigenvalue weighted by atomic mass is 10.3. The highest BCUT2D eigenvalue weighted by Crippen LogP contribution is 2.20. The minimum Gasteiger partial charge on any atom is -0.397 e. The smallest absolute Gasteiger partial charge is 0.192 e. The highest BCUT2D eigenvalue weighted by atomic mass is 35.5. The molecule has 0 amide bonds. The van der Waals surface area contributed by atoms with Crippen LogP contribution in [0.25, 0.3) is 0 Å². The third-order valence-electron chi connectivity index (χ3n) is 1.56. The molecule has 1 aromatic rings. The first kappa shape index (κ1) is 10.1. The fourth-order valence-electron chi connectivity index (χ4n) is 0.809. The second kappa shape index (κ2) is 3.43. The molecule has 13 heavy (non-hydrogen) atoms.